The maximum absolute atomic E-state index is 11.6. The molecular weight excluding hydrogens is 328 g/mol. The summed E-state index contributed by atoms with van der Waals surface area (Å²) in [5.41, 5.74) is 6.81. The molecule has 0 saturated heterocycles. The van der Waals surface area contributed by atoms with Crippen LogP contribution in [0.25, 0.3) is 0 Å². The zero-order chi connectivity index (χ0) is 18.2. The molecule has 1 aromatic carbocycles. The molecule has 0 fully saturated rings. The molecule has 1 atom stereocenters. The minimum Gasteiger partial charge on any atom is -0.468 e. The van der Waals surface area contributed by atoms with E-state index in [1.54, 1.807) is 24.3 Å². The lowest BCUT2D eigenvalue weighted by Crippen LogP contribution is -2.31. The topological polar surface area (TPSA) is 134 Å². The summed E-state index contributed by atoms with van der Waals surface area (Å²) in [4.78, 5) is 23.1. The molecule has 0 aliphatic rings. The second-order valence-corrected chi connectivity index (χ2v) is 5.06. The van der Waals surface area contributed by atoms with E-state index < -0.39 is 18.0 Å². The van der Waals surface area contributed by atoms with Gasteiger partial charge in [-0.3, -0.25) is 4.79 Å². The van der Waals surface area contributed by atoms with Crippen LogP contribution in [-0.4, -0.2) is 59.5 Å². The molecule has 1 heterocycles. The highest BCUT2D eigenvalue weighted by molar-refractivity contribution is 5.89. The van der Waals surface area contributed by atoms with E-state index in [0.717, 1.165) is 5.56 Å². The van der Waals surface area contributed by atoms with Gasteiger partial charge in [0.2, 0.25) is 0 Å². The SMILES string of the molecule is COC(=O)Cn1nnnc1C(NCCN)c1ccc(C(=O)OC)cc1. The molecule has 2 aromatic rings. The summed E-state index contributed by atoms with van der Waals surface area (Å²) in [6, 6.07) is 6.41. The molecule has 0 bridgehead atoms. The summed E-state index contributed by atoms with van der Waals surface area (Å²) < 4.78 is 10.7. The fraction of sp³-hybridized carbons (Fsp3) is 0.400. The maximum Gasteiger partial charge on any atom is 0.337 e. The third-order valence-corrected chi connectivity index (χ3v) is 3.48. The Morgan fingerprint density at radius 2 is 1.96 bits per heavy atom. The van der Waals surface area contributed by atoms with Gasteiger partial charge in [0.05, 0.1) is 25.8 Å². The molecular formula is C15H20N6O4. The number of carbonyl (C=O) groups is 2. The average Bonchev–Trinajstić information content (AvgIpc) is 3.09. The number of nitrogens with two attached hydrogens (primary N) is 1. The zero-order valence-corrected chi connectivity index (χ0v) is 14.0. The first-order valence-corrected chi connectivity index (χ1v) is 7.55. The highest BCUT2D eigenvalue weighted by Gasteiger charge is 2.22. The van der Waals surface area contributed by atoms with Gasteiger partial charge in [-0.25, -0.2) is 9.48 Å². The molecule has 0 aliphatic heterocycles. The molecule has 1 aromatic heterocycles. The number of hydrogen-bond donors (Lipinski definition) is 2. The highest BCUT2D eigenvalue weighted by Crippen LogP contribution is 2.20. The summed E-state index contributed by atoms with van der Waals surface area (Å²) in [6.07, 6.45) is 0. The predicted molar refractivity (Wildman–Crippen MR) is 86.5 cm³/mol. The van der Waals surface area contributed by atoms with E-state index in [0.29, 0.717) is 24.5 Å². The van der Waals surface area contributed by atoms with Crippen LogP contribution in [0.1, 0.15) is 27.8 Å². The maximum atomic E-state index is 11.6. The third kappa shape index (κ3) is 4.58. The van der Waals surface area contributed by atoms with Gasteiger partial charge in [0.1, 0.15) is 6.54 Å². The van der Waals surface area contributed by atoms with E-state index in [1.807, 2.05) is 0 Å². The molecule has 25 heavy (non-hydrogen) atoms. The Labute approximate surface area is 144 Å². The molecule has 0 aliphatic carbocycles. The molecule has 10 nitrogen and oxygen atoms in total. The number of benzene rings is 1. The fourth-order valence-corrected chi connectivity index (χ4v) is 2.23. The van der Waals surface area contributed by atoms with Crippen LogP contribution in [0.5, 0.6) is 0 Å². The van der Waals surface area contributed by atoms with Crippen molar-refractivity contribution >= 4 is 11.9 Å². The van der Waals surface area contributed by atoms with E-state index in [-0.39, 0.29) is 6.54 Å². The number of ether oxygens (including phenoxy) is 2. The number of rotatable bonds is 8. The second-order valence-electron chi connectivity index (χ2n) is 5.06. The molecule has 0 saturated carbocycles. The first-order valence-electron chi connectivity index (χ1n) is 7.55. The number of nitrogens with one attached hydrogen (secondary N) is 1. The van der Waals surface area contributed by atoms with Gasteiger partial charge < -0.3 is 20.5 Å². The minimum absolute atomic E-state index is 0.111. The quantitative estimate of drug-likeness (QED) is 0.592. The number of methoxy groups -OCH3 is 2. The van der Waals surface area contributed by atoms with Crippen LogP contribution in [-0.2, 0) is 20.8 Å². The van der Waals surface area contributed by atoms with Crippen LogP contribution in [0.4, 0.5) is 0 Å². The lowest BCUT2D eigenvalue weighted by atomic mass is 10.0. The van der Waals surface area contributed by atoms with Crippen molar-refractivity contribution in [2.24, 2.45) is 5.73 Å². The van der Waals surface area contributed by atoms with Gasteiger partial charge in [-0.05, 0) is 28.1 Å². The molecule has 2 rings (SSSR count). The van der Waals surface area contributed by atoms with E-state index in [9.17, 15) is 9.59 Å². The molecule has 3 N–H and O–H groups in total. The van der Waals surface area contributed by atoms with Crippen molar-refractivity contribution in [1.82, 2.24) is 25.5 Å². The van der Waals surface area contributed by atoms with Crippen molar-refractivity contribution in [3.63, 3.8) is 0 Å². The van der Waals surface area contributed by atoms with E-state index >= 15 is 0 Å². The Morgan fingerprint density at radius 3 is 2.56 bits per heavy atom. The first-order chi connectivity index (χ1) is 12.1. The van der Waals surface area contributed by atoms with Gasteiger partial charge in [-0.2, -0.15) is 0 Å². The number of aromatic nitrogens is 4. The van der Waals surface area contributed by atoms with Crippen LogP contribution in [0.2, 0.25) is 0 Å². The van der Waals surface area contributed by atoms with Crippen LogP contribution in [0, 0.1) is 0 Å². The van der Waals surface area contributed by atoms with Crippen molar-refractivity contribution in [2.45, 2.75) is 12.6 Å². The number of esters is 2. The van der Waals surface area contributed by atoms with Crippen molar-refractivity contribution in [3.05, 3.63) is 41.2 Å². The van der Waals surface area contributed by atoms with Crippen molar-refractivity contribution in [2.75, 3.05) is 27.3 Å². The van der Waals surface area contributed by atoms with E-state index in [4.69, 9.17) is 10.5 Å². The van der Waals surface area contributed by atoms with Gasteiger partial charge in [0.15, 0.2) is 5.82 Å². The van der Waals surface area contributed by atoms with E-state index in [2.05, 4.69) is 25.6 Å². The summed E-state index contributed by atoms with van der Waals surface area (Å²) in [5, 5.41) is 14.7. The molecule has 134 valence electrons. The summed E-state index contributed by atoms with van der Waals surface area (Å²) in [5.74, 6) is -0.453. The van der Waals surface area contributed by atoms with Crippen molar-refractivity contribution in [3.8, 4) is 0 Å². The molecule has 0 radical (unpaired) electrons. The number of hydrogen-bond acceptors (Lipinski definition) is 9. The standard InChI is InChI=1S/C15H20N6O4/c1-24-12(22)9-21-14(18-19-20-21)13(17-8-7-16)10-3-5-11(6-4-10)15(23)25-2/h3-6,13,17H,7-9,16H2,1-2H3. The van der Waals surface area contributed by atoms with Crippen LogP contribution < -0.4 is 11.1 Å². The predicted octanol–water partition coefficient (Wildman–Crippen LogP) is -0.730. The largest absolute Gasteiger partial charge is 0.468 e. The van der Waals surface area contributed by atoms with Gasteiger partial charge in [-0.15, -0.1) is 5.10 Å². The average molecular weight is 348 g/mol. The smallest absolute Gasteiger partial charge is 0.337 e. The van der Waals surface area contributed by atoms with Crippen LogP contribution in [0.3, 0.4) is 0 Å². The lowest BCUT2D eigenvalue weighted by molar-refractivity contribution is -0.141. The number of nitrogens with zero attached hydrogens (tertiary/aromatic N) is 4. The number of carbonyl (C=O) groups excluding carboxylic acids is 2. The number of tetrazole rings is 1. The van der Waals surface area contributed by atoms with Crippen molar-refractivity contribution < 1.29 is 19.1 Å². The third-order valence-electron chi connectivity index (χ3n) is 3.48. The normalized spacial score (nSPS) is 11.8. The summed E-state index contributed by atoms with van der Waals surface area (Å²) in [6.45, 7) is 0.809. The molecule has 0 spiro atoms. The Balaban J connectivity index is 2.32. The van der Waals surface area contributed by atoms with Crippen molar-refractivity contribution in [1.29, 1.82) is 0 Å². The first kappa shape index (κ1) is 18.5. The fourth-order valence-electron chi connectivity index (χ4n) is 2.23. The molecule has 1 unspecified atom stereocenters. The Kier molecular flexibility index (Phi) is 6.54. The molecule has 10 heteroatoms. The Morgan fingerprint density at radius 1 is 1.24 bits per heavy atom. The van der Waals surface area contributed by atoms with Crippen LogP contribution in [0.15, 0.2) is 24.3 Å². The highest BCUT2D eigenvalue weighted by atomic mass is 16.5. The zero-order valence-electron chi connectivity index (χ0n) is 14.0. The van der Waals surface area contributed by atoms with Gasteiger partial charge in [0, 0.05) is 13.1 Å². The van der Waals surface area contributed by atoms with Gasteiger partial charge in [0.25, 0.3) is 0 Å². The Hall–Kier alpha value is -2.85. The molecule has 0 amide bonds. The second kappa shape index (κ2) is 8.85. The van der Waals surface area contributed by atoms with Gasteiger partial charge in [-0.1, -0.05) is 12.1 Å². The Bertz CT molecular complexity index is 715. The summed E-state index contributed by atoms with van der Waals surface area (Å²) >= 11 is 0. The lowest BCUT2D eigenvalue weighted by Gasteiger charge is -2.18. The van der Waals surface area contributed by atoms with E-state index in [1.165, 1.54) is 18.9 Å². The van der Waals surface area contributed by atoms with Gasteiger partial charge >= 0.3 is 11.9 Å². The van der Waals surface area contributed by atoms with Crippen LogP contribution >= 0.6 is 0 Å². The minimum atomic E-state index is -0.466. The monoisotopic (exact) mass is 348 g/mol. The summed E-state index contributed by atoms with van der Waals surface area (Å²) in [7, 11) is 2.62.